The monoisotopic (exact) mass is 421 g/mol. The van der Waals surface area contributed by atoms with E-state index in [1.807, 2.05) is 24.3 Å². The smallest absolute Gasteiger partial charge is 0.283 e. The fraction of sp³-hybridized carbons (Fsp3) is 0.458. The summed E-state index contributed by atoms with van der Waals surface area (Å²) in [5.41, 5.74) is 7.73. The van der Waals surface area contributed by atoms with E-state index in [4.69, 9.17) is 24.9 Å². The molecule has 7 heteroatoms. The summed E-state index contributed by atoms with van der Waals surface area (Å²) in [4.78, 5) is 22.0. The van der Waals surface area contributed by atoms with Crippen molar-refractivity contribution < 1.29 is 19.0 Å². The molecular weight excluding hydrogens is 394 g/mol. The summed E-state index contributed by atoms with van der Waals surface area (Å²) in [5.74, 6) is 0.715. The standard InChI is InChI=1S/C24H27N3O4/c1-4-15-5-7-18(26-11-15)19(28)10-16-6-8-20-17(9-16)24(14-30-21(25)27-24)23(12-29-13-23)22(2,3)31-20/h5-9,11H,4,10,12-14H2,1-3H3,(H2,25,27). The number of pyridine rings is 1. The van der Waals surface area contributed by atoms with Gasteiger partial charge in [-0.1, -0.05) is 19.1 Å². The van der Waals surface area contributed by atoms with Gasteiger partial charge in [0.05, 0.1) is 18.6 Å². The Bertz CT molecular complexity index is 1070. The van der Waals surface area contributed by atoms with Gasteiger partial charge in [-0.2, -0.15) is 0 Å². The maximum atomic E-state index is 12.9. The zero-order valence-corrected chi connectivity index (χ0v) is 18.1. The van der Waals surface area contributed by atoms with Gasteiger partial charge in [-0.25, -0.2) is 4.99 Å². The Morgan fingerprint density at radius 1 is 1.13 bits per heavy atom. The van der Waals surface area contributed by atoms with Crippen LogP contribution >= 0.6 is 0 Å². The topological polar surface area (TPSA) is 96.0 Å². The second-order valence-electron chi connectivity index (χ2n) is 9.12. The second kappa shape index (κ2) is 6.79. The van der Waals surface area contributed by atoms with Gasteiger partial charge in [-0.3, -0.25) is 9.78 Å². The number of amidine groups is 1. The molecule has 0 radical (unpaired) electrons. The number of fused-ring (bicyclic) bond motifs is 3. The van der Waals surface area contributed by atoms with Gasteiger partial charge < -0.3 is 19.9 Å². The maximum Gasteiger partial charge on any atom is 0.283 e. The summed E-state index contributed by atoms with van der Waals surface area (Å²) in [5, 5.41) is 0. The first kappa shape index (κ1) is 20.0. The zero-order valence-electron chi connectivity index (χ0n) is 18.1. The zero-order chi connectivity index (χ0) is 21.9. The van der Waals surface area contributed by atoms with E-state index in [2.05, 4.69) is 25.8 Å². The molecule has 1 saturated heterocycles. The number of benzene rings is 1. The minimum Gasteiger partial charge on any atom is -0.487 e. The lowest BCUT2D eigenvalue weighted by Crippen LogP contribution is -2.71. The van der Waals surface area contributed by atoms with Crippen LogP contribution in [0.5, 0.6) is 5.75 Å². The lowest BCUT2D eigenvalue weighted by Gasteiger charge is -2.61. The molecule has 1 atom stereocenters. The second-order valence-corrected chi connectivity index (χ2v) is 9.12. The van der Waals surface area contributed by atoms with E-state index in [0.29, 0.717) is 25.5 Å². The van der Waals surface area contributed by atoms with Crippen molar-refractivity contribution in [3.63, 3.8) is 0 Å². The Hall–Kier alpha value is -2.93. The molecule has 2 N–H and O–H groups in total. The van der Waals surface area contributed by atoms with Crippen molar-refractivity contribution in [1.82, 2.24) is 4.98 Å². The molecule has 5 rings (SSSR count). The fourth-order valence-corrected chi connectivity index (χ4v) is 5.01. The number of carbonyl (C=O) groups is 1. The van der Waals surface area contributed by atoms with E-state index in [9.17, 15) is 4.79 Å². The third-order valence-corrected chi connectivity index (χ3v) is 7.11. The van der Waals surface area contributed by atoms with Gasteiger partial charge in [0.1, 0.15) is 29.2 Å². The molecule has 1 unspecified atom stereocenters. The van der Waals surface area contributed by atoms with E-state index in [1.54, 1.807) is 12.3 Å². The van der Waals surface area contributed by atoms with Crippen LogP contribution in [0.4, 0.5) is 0 Å². The Morgan fingerprint density at radius 3 is 2.48 bits per heavy atom. The van der Waals surface area contributed by atoms with Crippen LogP contribution in [0.15, 0.2) is 41.5 Å². The van der Waals surface area contributed by atoms with Crippen LogP contribution in [0.1, 0.15) is 48.0 Å². The summed E-state index contributed by atoms with van der Waals surface area (Å²) < 4.78 is 17.8. The van der Waals surface area contributed by atoms with Crippen LogP contribution in [0, 0.1) is 5.41 Å². The van der Waals surface area contributed by atoms with Gasteiger partial charge in [-0.05, 0) is 49.6 Å². The van der Waals surface area contributed by atoms with Gasteiger partial charge in [-0.15, -0.1) is 0 Å². The normalized spacial score (nSPS) is 24.7. The number of nitrogens with zero attached hydrogens (tertiary/aromatic N) is 2. The summed E-state index contributed by atoms with van der Waals surface area (Å²) in [6.07, 6.45) is 2.90. The predicted octanol–water partition coefficient (Wildman–Crippen LogP) is 2.80. The van der Waals surface area contributed by atoms with Gasteiger partial charge in [0.25, 0.3) is 6.02 Å². The Kier molecular flexibility index (Phi) is 4.38. The molecule has 1 aromatic carbocycles. The lowest BCUT2D eigenvalue weighted by molar-refractivity contribution is -0.247. The highest BCUT2D eigenvalue weighted by molar-refractivity contribution is 5.95. The van der Waals surface area contributed by atoms with Gasteiger partial charge in [0.15, 0.2) is 5.78 Å². The van der Waals surface area contributed by atoms with E-state index in [0.717, 1.165) is 28.9 Å². The molecule has 4 heterocycles. The highest BCUT2D eigenvalue weighted by Gasteiger charge is 2.71. The third-order valence-electron chi connectivity index (χ3n) is 7.11. The Morgan fingerprint density at radius 2 is 1.90 bits per heavy atom. The van der Waals surface area contributed by atoms with Crippen molar-refractivity contribution in [1.29, 1.82) is 0 Å². The molecule has 0 amide bonds. The minimum atomic E-state index is -0.702. The predicted molar refractivity (Wildman–Crippen MR) is 115 cm³/mol. The summed E-state index contributed by atoms with van der Waals surface area (Å²) in [7, 11) is 0. The SMILES string of the molecule is CCc1ccc(C(=O)Cc2ccc3c(c2)C2(COC(N)=N2)C2(COC2)C(C)(C)O3)nc1. The Balaban J connectivity index is 1.53. The summed E-state index contributed by atoms with van der Waals surface area (Å²) in [6, 6.07) is 9.78. The quantitative estimate of drug-likeness (QED) is 0.763. The number of ether oxygens (including phenoxy) is 3. The number of hydrogen-bond donors (Lipinski definition) is 1. The lowest BCUT2D eigenvalue weighted by atomic mass is 9.55. The number of aryl methyl sites for hydroxylation is 1. The van der Waals surface area contributed by atoms with Gasteiger partial charge in [0, 0.05) is 18.2 Å². The van der Waals surface area contributed by atoms with Crippen LogP contribution in [0.3, 0.4) is 0 Å². The summed E-state index contributed by atoms with van der Waals surface area (Å²) >= 11 is 0. The largest absolute Gasteiger partial charge is 0.487 e. The molecule has 2 aromatic rings. The number of rotatable bonds is 4. The van der Waals surface area contributed by atoms with E-state index in [1.165, 1.54) is 0 Å². The van der Waals surface area contributed by atoms with Crippen molar-refractivity contribution >= 4 is 11.8 Å². The number of hydrogen-bond acceptors (Lipinski definition) is 7. The molecule has 0 aliphatic carbocycles. The van der Waals surface area contributed by atoms with Gasteiger partial charge in [0.2, 0.25) is 0 Å². The first-order chi connectivity index (χ1) is 14.8. The third kappa shape index (κ3) is 2.79. The number of aliphatic imine (C=N–C) groups is 1. The molecule has 3 aliphatic rings. The van der Waals surface area contributed by atoms with Crippen molar-refractivity contribution in [3.05, 3.63) is 58.9 Å². The average molecular weight is 421 g/mol. The number of ketones is 1. The first-order valence-electron chi connectivity index (χ1n) is 10.7. The molecule has 0 bridgehead atoms. The molecular formula is C24H27N3O4. The maximum absolute atomic E-state index is 12.9. The highest BCUT2D eigenvalue weighted by Crippen LogP contribution is 2.62. The molecule has 162 valence electrons. The Labute approximate surface area is 181 Å². The highest BCUT2D eigenvalue weighted by atomic mass is 16.5. The summed E-state index contributed by atoms with van der Waals surface area (Å²) in [6.45, 7) is 7.54. The van der Waals surface area contributed by atoms with Crippen LogP contribution < -0.4 is 10.5 Å². The van der Waals surface area contributed by atoms with Crippen molar-refractivity contribution in [2.24, 2.45) is 16.1 Å². The first-order valence-corrected chi connectivity index (χ1v) is 10.7. The number of carbonyl (C=O) groups excluding carboxylic acids is 1. The van der Waals surface area contributed by atoms with Gasteiger partial charge >= 0.3 is 0 Å². The van der Waals surface area contributed by atoms with E-state index in [-0.39, 0.29) is 18.2 Å². The van der Waals surface area contributed by atoms with Crippen LogP contribution in [-0.4, -0.2) is 42.2 Å². The van der Waals surface area contributed by atoms with Crippen molar-refractivity contribution in [2.45, 2.75) is 44.8 Å². The molecule has 3 aliphatic heterocycles. The van der Waals surface area contributed by atoms with E-state index < -0.39 is 16.6 Å². The van der Waals surface area contributed by atoms with E-state index >= 15 is 0 Å². The molecule has 1 aromatic heterocycles. The van der Waals surface area contributed by atoms with Crippen LogP contribution in [0.25, 0.3) is 0 Å². The van der Waals surface area contributed by atoms with Crippen molar-refractivity contribution in [2.75, 3.05) is 19.8 Å². The molecule has 2 spiro atoms. The number of Topliss-reactive ketones (excluding diaryl/α,β-unsaturated/α-hetero) is 1. The van der Waals surface area contributed by atoms with Crippen LogP contribution in [-0.2, 0) is 27.9 Å². The molecule has 1 fully saturated rings. The average Bonchev–Trinajstić information content (AvgIpc) is 3.09. The number of nitrogens with two attached hydrogens (primary N) is 1. The van der Waals surface area contributed by atoms with Crippen molar-refractivity contribution in [3.8, 4) is 5.75 Å². The fourth-order valence-electron chi connectivity index (χ4n) is 5.01. The molecule has 7 nitrogen and oxygen atoms in total. The van der Waals surface area contributed by atoms with Crippen LogP contribution in [0.2, 0.25) is 0 Å². The molecule has 31 heavy (non-hydrogen) atoms. The molecule has 0 saturated carbocycles. The minimum absolute atomic E-state index is 0.0268. The number of aromatic nitrogens is 1.